The van der Waals surface area contributed by atoms with Crippen LogP contribution >= 0.6 is 0 Å². The van der Waals surface area contributed by atoms with E-state index in [1.165, 1.54) is 0 Å². The van der Waals surface area contributed by atoms with Crippen molar-refractivity contribution >= 4 is 6.03 Å². The second-order valence-electron chi connectivity index (χ2n) is 4.97. The molecule has 0 heterocycles. The highest BCUT2D eigenvalue weighted by molar-refractivity contribution is 5.73. The molecular formula is C15H24N2O3. The van der Waals surface area contributed by atoms with Crippen molar-refractivity contribution in [3.05, 3.63) is 29.8 Å². The Bertz CT molecular complexity index is 408. The largest absolute Gasteiger partial charge is 0.493 e. The van der Waals surface area contributed by atoms with Crippen LogP contribution in [-0.4, -0.2) is 30.9 Å². The molecule has 1 aromatic rings. The maximum atomic E-state index is 11.4. The normalized spacial score (nSPS) is 10.4. The molecule has 20 heavy (non-hydrogen) atoms. The molecule has 0 bridgehead atoms. The second-order valence-corrected chi connectivity index (χ2v) is 4.97. The van der Waals surface area contributed by atoms with Crippen molar-refractivity contribution in [2.45, 2.75) is 26.8 Å². The van der Waals surface area contributed by atoms with E-state index in [-0.39, 0.29) is 19.2 Å². The fourth-order valence-corrected chi connectivity index (χ4v) is 1.60. The van der Waals surface area contributed by atoms with Crippen LogP contribution in [0.1, 0.15) is 25.8 Å². The van der Waals surface area contributed by atoms with Gasteiger partial charge in [-0.25, -0.2) is 4.79 Å². The van der Waals surface area contributed by atoms with Crippen LogP contribution in [0.2, 0.25) is 0 Å². The van der Waals surface area contributed by atoms with Gasteiger partial charge in [-0.2, -0.15) is 0 Å². The number of rotatable bonds is 8. The standard InChI is InChI=1S/C15H24N2O3/c1-12(2)7-10-20-14-6-4-3-5-13(14)11-17-15(19)16-8-9-18/h3-6,12,18H,7-11H2,1-2H3,(H2,16,17,19). The van der Waals surface area contributed by atoms with Gasteiger partial charge in [0, 0.05) is 18.7 Å². The molecule has 0 fully saturated rings. The van der Waals surface area contributed by atoms with Crippen molar-refractivity contribution in [3.8, 4) is 5.75 Å². The molecular weight excluding hydrogens is 256 g/mol. The summed E-state index contributed by atoms with van der Waals surface area (Å²) in [6.07, 6.45) is 0.999. The Labute approximate surface area is 120 Å². The number of ether oxygens (including phenoxy) is 1. The fourth-order valence-electron chi connectivity index (χ4n) is 1.60. The third-order valence-corrected chi connectivity index (χ3v) is 2.76. The molecule has 2 amide bonds. The molecule has 0 spiro atoms. The molecule has 0 aliphatic carbocycles. The number of carbonyl (C=O) groups is 1. The molecule has 0 saturated heterocycles. The molecule has 0 saturated carbocycles. The number of aliphatic hydroxyl groups is 1. The van der Waals surface area contributed by atoms with Crippen LogP contribution in [0.5, 0.6) is 5.75 Å². The molecule has 3 N–H and O–H groups in total. The Morgan fingerprint density at radius 3 is 2.75 bits per heavy atom. The quantitative estimate of drug-likeness (QED) is 0.681. The minimum atomic E-state index is -0.295. The summed E-state index contributed by atoms with van der Waals surface area (Å²) in [6.45, 7) is 5.56. The SMILES string of the molecule is CC(C)CCOc1ccccc1CNC(=O)NCCO. The third kappa shape index (κ3) is 6.43. The van der Waals surface area contributed by atoms with Crippen LogP contribution in [0.25, 0.3) is 0 Å². The van der Waals surface area contributed by atoms with E-state index in [1.807, 2.05) is 24.3 Å². The molecule has 5 heteroatoms. The van der Waals surface area contributed by atoms with Crippen molar-refractivity contribution in [1.82, 2.24) is 10.6 Å². The Morgan fingerprint density at radius 2 is 2.05 bits per heavy atom. The predicted octanol–water partition coefficient (Wildman–Crippen LogP) is 1.90. The minimum absolute atomic E-state index is 0.0671. The van der Waals surface area contributed by atoms with E-state index in [9.17, 15) is 4.79 Å². The first-order chi connectivity index (χ1) is 9.63. The summed E-state index contributed by atoms with van der Waals surface area (Å²) in [5.41, 5.74) is 0.940. The van der Waals surface area contributed by atoms with E-state index in [1.54, 1.807) is 0 Å². The maximum absolute atomic E-state index is 11.4. The van der Waals surface area contributed by atoms with Gasteiger partial charge in [-0.1, -0.05) is 32.0 Å². The number of benzene rings is 1. The van der Waals surface area contributed by atoms with Crippen LogP contribution in [-0.2, 0) is 6.54 Å². The van der Waals surface area contributed by atoms with E-state index < -0.39 is 0 Å². The summed E-state index contributed by atoms with van der Waals surface area (Å²) in [5, 5.41) is 13.9. The summed E-state index contributed by atoms with van der Waals surface area (Å²) in [4.78, 5) is 11.4. The maximum Gasteiger partial charge on any atom is 0.315 e. The molecule has 5 nitrogen and oxygen atoms in total. The van der Waals surface area contributed by atoms with Crippen LogP contribution in [0, 0.1) is 5.92 Å². The summed E-state index contributed by atoms with van der Waals surface area (Å²) >= 11 is 0. The fraction of sp³-hybridized carbons (Fsp3) is 0.533. The van der Waals surface area contributed by atoms with Gasteiger partial charge in [-0.15, -0.1) is 0 Å². The summed E-state index contributed by atoms with van der Waals surface area (Å²) < 4.78 is 5.75. The highest BCUT2D eigenvalue weighted by Gasteiger charge is 2.05. The molecule has 0 aromatic heterocycles. The zero-order chi connectivity index (χ0) is 14.8. The number of hydrogen-bond donors (Lipinski definition) is 3. The summed E-state index contributed by atoms with van der Waals surface area (Å²) in [5.74, 6) is 1.40. The molecule has 0 atom stereocenters. The lowest BCUT2D eigenvalue weighted by Gasteiger charge is -2.13. The van der Waals surface area contributed by atoms with Gasteiger partial charge in [-0.3, -0.25) is 0 Å². The molecule has 1 rings (SSSR count). The average molecular weight is 280 g/mol. The molecule has 0 aliphatic heterocycles. The smallest absolute Gasteiger partial charge is 0.315 e. The number of carbonyl (C=O) groups excluding carboxylic acids is 1. The van der Waals surface area contributed by atoms with Crippen molar-refractivity contribution in [3.63, 3.8) is 0 Å². The highest BCUT2D eigenvalue weighted by Crippen LogP contribution is 2.18. The number of para-hydroxylation sites is 1. The summed E-state index contributed by atoms with van der Waals surface area (Å²) in [6, 6.07) is 7.37. The first-order valence-corrected chi connectivity index (χ1v) is 6.96. The van der Waals surface area contributed by atoms with E-state index in [4.69, 9.17) is 9.84 Å². The topological polar surface area (TPSA) is 70.6 Å². The number of aliphatic hydroxyl groups excluding tert-OH is 1. The lowest BCUT2D eigenvalue weighted by molar-refractivity contribution is 0.233. The Morgan fingerprint density at radius 1 is 1.30 bits per heavy atom. The Balaban J connectivity index is 2.46. The van der Waals surface area contributed by atoms with E-state index in [2.05, 4.69) is 24.5 Å². The highest BCUT2D eigenvalue weighted by atomic mass is 16.5. The molecule has 1 aromatic carbocycles. The predicted molar refractivity (Wildman–Crippen MR) is 78.7 cm³/mol. The monoisotopic (exact) mass is 280 g/mol. The van der Waals surface area contributed by atoms with E-state index >= 15 is 0 Å². The minimum Gasteiger partial charge on any atom is -0.493 e. The zero-order valence-electron chi connectivity index (χ0n) is 12.2. The number of urea groups is 1. The second kappa shape index (κ2) is 9.20. The van der Waals surface area contributed by atoms with Crippen LogP contribution in [0.3, 0.4) is 0 Å². The van der Waals surface area contributed by atoms with Gasteiger partial charge in [-0.05, 0) is 18.4 Å². The first kappa shape index (κ1) is 16.3. The van der Waals surface area contributed by atoms with Gasteiger partial charge in [0.2, 0.25) is 0 Å². The van der Waals surface area contributed by atoms with E-state index in [0.29, 0.717) is 19.1 Å². The van der Waals surface area contributed by atoms with Crippen LogP contribution in [0.4, 0.5) is 4.79 Å². The number of amides is 2. The van der Waals surface area contributed by atoms with Gasteiger partial charge in [0.15, 0.2) is 0 Å². The lowest BCUT2D eigenvalue weighted by Crippen LogP contribution is -2.36. The van der Waals surface area contributed by atoms with Gasteiger partial charge in [0.25, 0.3) is 0 Å². The molecule has 0 unspecified atom stereocenters. The third-order valence-electron chi connectivity index (χ3n) is 2.76. The van der Waals surface area contributed by atoms with Crippen molar-refractivity contribution in [2.75, 3.05) is 19.8 Å². The van der Waals surface area contributed by atoms with Gasteiger partial charge < -0.3 is 20.5 Å². The molecule has 112 valence electrons. The van der Waals surface area contributed by atoms with Crippen LogP contribution < -0.4 is 15.4 Å². The van der Waals surface area contributed by atoms with Crippen LogP contribution in [0.15, 0.2) is 24.3 Å². The van der Waals surface area contributed by atoms with Crippen molar-refractivity contribution in [1.29, 1.82) is 0 Å². The van der Waals surface area contributed by atoms with Gasteiger partial charge >= 0.3 is 6.03 Å². The Kier molecular flexibility index (Phi) is 7.50. The molecule has 0 aliphatic rings. The van der Waals surface area contributed by atoms with E-state index in [0.717, 1.165) is 17.7 Å². The number of nitrogens with one attached hydrogen (secondary N) is 2. The Hall–Kier alpha value is -1.75. The molecule has 0 radical (unpaired) electrons. The summed E-state index contributed by atoms with van der Waals surface area (Å²) in [7, 11) is 0. The van der Waals surface area contributed by atoms with Gasteiger partial charge in [0.05, 0.1) is 13.2 Å². The van der Waals surface area contributed by atoms with Crippen molar-refractivity contribution in [2.24, 2.45) is 5.92 Å². The lowest BCUT2D eigenvalue weighted by atomic mass is 10.1. The first-order valence-electron chi connectivity index (χ1n) is 6.96. The zero-order valence-corrected chi connectivity index (χ0v) is 12.2. The number of hydrogen-bond acceptors (Lipinski definition) is 3. The average Bonchev–Trinajstić information content (AvgIpc) is 2.43. The van der Waals surface area contributed by atoms with Crippen molar-refractivity contribution < 1.29 is 14.6 Å². The van der Waals surface area contributed by atoms with Gasteiger partial charge in [0.1, 0.15) is 5.75 Å².